The van der Waals surface area contributed by atoms with Crippen LogP contribution in [0.2, 0.25) is 5.02 Å². The lowest BCUT2D eigenvalue weighted by Crippen LogP contribution is -2.40. The number of nitrogens with zero attached hydrogens (tertiary/aromatic N) is 2. The van der Waals surface area contributed by atoms with E-state index in [-0.39, 0.29) is 34.3 Å². The van der Waals surface area contributed by atoms with E-state index in [4.69, 9.17) is 16.3 Å². The molecule has 9 heteroatoms. The zero-order chi connectivity index (χ0) is 21.5. The first-order chi connectivity index (χ1) is 14.3. The lowest BCUT2D eigenvalue weighted by Gasteiger charge is -2.31. The highest BCUT2D eigenvalue weighted by molar-refractivity contribution is 7.89. The normalized spacial score (nSPS) is 17.6. The van der Waals surface area contributed by atoms with Crippen molar-refractivity contribution in [1.82, 2.24) is 4.31 Å². The van der Waals surface area contributed by atoms with E-state index in [1.165, 1.54) is 33.5 Å². The smallest absolute Gasteiger partial charge is 0.259 e. The molecule has 0 atom stereocenters. The molecule has 6 nitrogen and oxygen atoms in total. The number of carbonyl (C=O) groups excluding carboxylic acids is 1. The van der Waals surface area contributed by atoms with Gasteiger partial charge in [0.2, 0.25) is 10.0 Å². The molecule has 30 heavy (non-hydrogen) atoms. The molecule has 1 fully saturated rings. The van der Waals surface area contributed by atoms with Crippen molar-refractivity contribution in [3.63, 3.8) is 0 Å². The lowest BCUT2D eigenvalue weighted by molar-refractivity contribution is 0.0730. The Morgan fingerprint density at radius 3 is 2.60 bits per heavy atom. The molecule has 0 saturated carbocycles. The van der Waals surface area contributed by atoms with Gasteiger partial charge in [0.25, 0.3) is 5.91 Å². The van der Waals surface area contributed by atoms with E-state index in [9.17, 15) is 17.6 Å². The first-order valence-electron chi connectivity index (χ1n) is 9.77. The third-order valence-electron chi connectivity index (χ3n) is 5.41. The van der Waals surface area contributed by atoms with Gasteiger partial charge < -0.3 is 9.64 Å². The van der Waals surface area contributed by atoms with E-state index < -0.39 is 21.7 Å². The average Bonchev–Trinajstić information content (AvgIpc) is 2.73. The highest BCUT2D eigenvalue weighted by atomic mass is 35.5. The number of fused-ring (bicyclic) bond motifs is 1. The molecule has 0 radical (unpaired) electrons. The average molecular weight is 453 g/mol. The predicted molar refractivity (Wildman–Crippen MR) is 112 cm³/mol. The van der Waals surface area contributed by atoms with Crippen molar-refractivity contribution in [2.45, 2.75) is 24.7 Å². The van der Waals surface area contributed by atoms with Gasteiger partial charge in [-0.2, -0.15) is 4.31 Å². The summed E-state index contributed by atoms with van der Waals surface area (Å²) >= 11 is 6.27. The first kappa shape index (κ1) is 21.2. The van der Waals surface area contributed by atoms with Crippen LogP contribution in [0.15, 0.2) is 35.2 Å². The van der Waals surface area contributed by atoms with Crippen LogP contribution in [0.25, 0.3) is 0 Å². The third-order valence-corrected chi connectivity index (χ3v) is 7.63. The minimum Gasteiger partial charge on any atom is -0.379 e. The van der Waals surface area contributed by atoms with Crippen LogP contribution < -0.4 is 4.90 Å². The van der Waals surface area contributed by atoms with E-state index in [1.807, 2.05) is 6.07 Å². The monoisotopic (exact) mass is 452 g/mol. The van der Waals surface area contributed by atoms with Crippen LogP contribution in [0.3, 0.4) is 0 Å². The largest absolute Gasteiger partial charge is 0.379 e. The molecule has 0 unspecified atom stereocenters. The van der Waals surface area contributed by atoms with E-state index in [0.717, 1.165) is 11.1 Å². The Hall–Kier alpha value is -2.00. The first-order valence-corrected chi connectivity index (χ1v) is 11.6. The van der Waals surface area contributed by atoms with Gasteiger partial charge in [-0.05, 0) is 55.2 Å². The highest BCUT2D eigenvalue weighted by Crippen LogP contribution is 2.34. The zero-order valence-corrected chi connectivity index (χ0v) is 18.1. The fourth-order valence-corrected chi connectivity index (χ4v) is 5.59. The Balaban J connectivity index is 1.72. The summed E-state index contributed by atoms with van der Waals surface area (Å²) in [6, 6.07) is 7.34. The molecule has 0 bridgehead atoms. The molecule has 160 valence electrons. The number of aryl methyl sites for hydroxylation is 2. The fourth-order valence-electron chi connectivity index (χ4n) is 3.95. The molecule has 0 aliphatic carbocycles. The van der Waals surface area contributed by atoms with E-state index in [1.54, 1.807) is 6.92 Å². The number of morpholine rings is 1. The van der Waals surface area contributed by atoms with Gasteiger partial charge in [0, 0.05) is 19.6 Å². The number of halogens is 2. The second kappa shape index (κ2) is 8.26. The molecule has 0 N–H and O–H groups in total. The minimum atomic E-state index is -3.79. The quantitative estimate of drug-likeness (QED) is 0.715. The van der Waals surface area contributed by atoms with Crippen molar-refractivity contribution in [2.75, 3.05) is 37.7 Å². The number of carbonyl (C=O) groups is 1. The summed E-state index contributed by atoms with van der Waals surface area (Å²) in [5.74, 6) is -0.978. The molecule has 2 aliphatic rings. The van der Waals surface area contributed by atoms with Crippen LogP contribution in [-0.4, -0.2) is 51.5 Å². The van der Waals surface area contributed by atoms with Gasteiger partial charge in [0.15, 0.2) is 0 Å². The summed E-state index contributed by atoms with van der Waals surface area (Å²) in [7, 11) is -3.79. The number of sulfonamides is 1. The van der Waals surface area contributed by atoms with Crippen LogP contribution in [0.5, 0.6) is 0 Å². The zero-order valence-electron chi connectivity index (χ0n) is 16.5. The van der Waals surface area contributed by atoms with Crippen LogP contribution in [0, 0.1) is 12.7 Å². The molecule has 0 aromatic heterocycles. The second-order valence-electron chi connectivity index (χ2n) is 7.47. The van der Waals surface area contributed by atoms with E-state index in [2.05, 4.69) is 0 Å². The minimum absolute atomic E-state index is 0.0150. The lowest BCUT2D eigenvalue weighted by atomic mass is 9.98. The summed E-state index contributed by atoms with van der Waals surface area (Å²) in [5, 5.41) is 0.126. The number of hydrogen-bond donors (Lipinski definition) is 0. The molecular weight excluding hydrogens is 431 g/mol. The van der Waals surface area contributed by atoms with E-state index >= 15 is 0 Å². The number of anilines is 1. The molecule has 1 amide bonds. The SMILES string of the molecule is Cc1cc(F)c2c(c1)CCCN2C(=O)c1cc(S(=O)(=O)N2CCOCC2)ccc1Cl. The van der Waals surface area contributed by atoms with Gasteiger partial charge in [0.05, 0.1) is 34.4 Å². The Labute approximate surface area is 180 Å². The number of hydrogen-bond acceptors (Lipinski definition) is 4. The molecular formula is C21H22ClFN2O4S. The van der Waals surface area contributed by atoms with Gasteiger partial charge in [-0.1, -0.05) is 17.7 Å². The standard InChI is InChI=1S/C21H22ClFN2O4S/c1-14-11-15-3-2-6-25(20(15)19(23)12-14)21(26)17-13-16(4-5-18(17)22)30(27,28)24-7-9-29-10-8-24/h4-5,11-13H,2-3,6-10H2,1H3. The maximum Gasteiger partial charge on any atom is 0.259 e. The summed E-state index contributed by atoms with van der Waals surface area (Å²) in [6.45, 7) is 3.28. The Bertz CT molecular complexity index is 1100. The molecule has 2 aromatic rings. The summed E-state index contributed by atoms with van der Waals surface area (Å²) in [6.07, 6.45) is 1.36. The fraction of sp³-hybridized carbons (Fsp3) is 0.381. The second-order valence-corrected chi connectivity index (χ2v) is 9.82. The van der Waals surface area contributed by atoms with Crippen LogP contribution in [-0.2, 0) is 21.2 Å². The van der Waals surface area contributed by atoms with Gasteiger partial charge in [-0.15, -0.1) is 0 Å². The number of benzene rings is 2. The predicted octanol–water partition coefficient (Wildman–Crippen LogP) is 3.40. The van der Waals surface area contributed by atoms with E-state index in [0.29, 0.717) is 32.6 Å². The molecule has 4 rings (SSSR count). The maximum atomic E-state index is 14.7. The Kier molecular flexibility index (Phi) is 5.85. The maximum absolute atomic E-state index is 14.7. The van der Waals surface area contributed by atoms with Crippen molar-refractivity contribution >= 4 is 33.2 Å². The highest BCUT2D eigenvalue weighted by Gasteiger charge is 2.31. The molecule has 1 saturated heterocycles. The van der Waals surface area contributed by atoms with Crippen molar-refractivity contribution in [1.29, 1.82) is 0 Å². The molecule has 2 heterocycles. The topological polar surface area (TPSA) is 66.9 Å². The van der Waals surface area contributed by atoms with Crippen LogP contribution in [0.4, 0.5) is 10.1 Å². The summed E-state index contributed by atoms with van der Waals surface area (Å²) in [4.78, 5) is 14.7. The van der Waals surface area contributed by atoms with Crippen molar-refractivity contribution in [2.24, 2.45) is 0 Å². The van der Waals surface area contributed by atoms with Crippen molar-refractivity contribution < 1.29 is 22.3 Å². The van der Waals surface area contributed by atoms with Gasteiger partial charge >= 0.3 is 0 Å². The van der Waals surface area contributed by atoms with Gasteiger partial charge in [0.1, 0.15) is 5.82 Å². The Morgan fingerprint density at radius 2 is 1.87 bits per heavy atom. The van der Waals surface area contributed by atoms with Gasteiger partial charge in [-0.25, -0.2) is 12.8 Å². The van der Waals surface area contributed by atoms with Crippen LogP contribution in [0.1, 0.15) is 27.9 Å². The number of amides is 1. The van der Waals surface area contributed by atoms with Crippen molar-refractivity contribution in [3.05, 3.63) is 57.9 Å². The van der Waals surface area contributed by atoms with Gasteiger partial charge in [-0.3, -0.25) is 4.79 Å². The summed E-state index contributed by atoms with van der Waals surface area (Å²) < 4.78 is 47.2. The summed E-state index contributed by atoms with van der Waals surface area (Å²) in [5.41, 5.74) is 1.84. The third kappa shape index (κ3) is 3.85. The molecule has 2 aliphatic heterocycles. The van der Waals surface area contributed by atoms with Crippen LogP contribution >= 0.6 is 11.6 Å². The number of ether oxygens (including phenoxy) is 1. The van der Waals surface area contributed by atoms with Crippen molar-refractivity contribution in [3.8, 4) is 0 Å². The molecule has 0 spiro atoms. The Morgan fingerprint density at radius 1 is 1.13 bits per heavy atom. The molecule has 2 aromatic carbocycles. The number of rotatable bonds is 3.